The average Bonchev–Trinajstić information content (AvgIpc) is 3.18. The summed E-state index contributed by atoms with van der Waals surface area (Å²) in [7, 11) is 0. The number of nitrogens with two attached hydrogens (primary N) is 1. The second kappa shape index (κ2) is 11.8. The van der Waals surface area contributed by atoms with Gasteiger partial charge in [-0.05, 0) is 92.9 Å². The second-order valence-electron chi connectivity index (χ2n) is 12.5. The normalized spacial score (nSPS) is 11.9. The minimum absolute atomic E-state index is 0.0409. The van der Waals surface area contributed by atoms with Crippen LogP contribution in [0.15, 0.2) is 24.4 Å². The summed E-state index contributed by atoms with van der Waals surface area (Å²) in [5.41, 5.74) is 4.52. The minimum atomic E-state index is -1.07. The van der Waals surface area contributed by atoms with E-state index in [2.05, 4.69) is 26.8 Å². The largest absolute Gasteiger partial charge is 0.443 e. The van der Waals surface area contributed by atoms with Crippen LogP contribution >= 0.6 is 0 Å². The monoisotopic (exact) mass is 578 g/mol. The number of carbonyl (C=O) groups is 3. The van der Waals surface area contributed by atoms with Gasteiger partial charge in [-0.1, -0.05) is 12.0 Å². The number of anilines is 1. The average molecular weight is 579 g/mol. The molecule has 0 aliphatic carbocycles. The molecule has 2 amide bonds. The first kappa shape index (κ1) is 32.0. The molecule has 0 atom stereocenters. The molecule has 0 unspecified atom stereocenters. The van der Waals surface area contributed by atoms with Crippen LogP contribution in [-0.2, 0) is 14.2 Å². The van der Waals surface area contributed by atoms with E-state index in [0.717, 1.165) is 5.56 Å². The predicted molar refractivity (Wildman–Crippen MR) is 158 cm³/mol. The minimum Gasteiger partial charge on any atom is -0.443 e. The summed E-state index contributed by atoms with van der Waals surface area (Å²) in [6.07, 6.45) is -1.61. The van der Waals surface area contributed by atoms with Gasteiger partial charge in [0.15, 0.2) is 17.3 Å². The Labute approximate surface area is 245 Å². The summed E-state index contributed by atoms with van der Waals surface area (Å²) < 4.78 is 18.0. The topological polar surface area (TPSA) is 152 Å². The number of hydrogen-bond acceptors (Lipinski definition) is 10. The Bertz CT molecular complexity index is 1550. The standard InChI is InChI=1S/C30H38N6O6/c1-18-13-14-20-21(16-18)35(25(37)40-28(2,3)4)24(34-20)22-23(32-17-19(33-22)12-11-15-31)36(26(38)41-29(5,6)7)27(39)42-30(8,9)10/h13-14,16-17H,15,31H2,1-10H3. The number of fused-ring (bicyclic) bond motifs is 1. The number of rotatable bonds is 2. The maximum Gasteiger partial charge on any atom is 0.425 e. The summed E-state index contributed by atoms with van der Waals surface area (Å²) in [5.74, 6) is 5.17. The molecular formula is C30H38N6O6. The molecule has 0 bridgehead atoms. The third kappa shape index (κ3) is 8.04. The summed E-state index contributed by atoms with van der Waals surface area (Å²) in [6.45, 7) is 17.0. The third-order valence-corrected chi connectivity index (χ3v) is 5.03. The van der Waals surface area contributed by atoms with Gasteiger partial charge in [0.1, 0.15) is 22.5 Å². The molecule has 42 heavy (non-hydrogen) atoms. The highest BCUT2D eigenvalue weighted by molar-refractivity contribution is 6.11. The van der Waals surface area contributed by atoms with Gasteiger partial charge in [-0.2, -0.15) is 4.90 Å². The van der Waals surface area contributed by atoms with Crippen molar-refractivity contribution in [3.05, 3.63) is 35.7 Å². The van der Waals surface area contributed by atoms with E-state index in [-0.39, 0.29) is 29.6 Å². The second-order valence-corrected chi connectivity index (χ2v) is 12.5. The van der Waals surface area contributed by atoms with Crippen LogP contribution in [0.4, 0.5) is 20.2 Å². The van der Waals surface area contributed by atoms with Crippen LogP contribution in [0.2, 0.25) is 0 Å². The molecule has 0 spiro atoms. The van der Waals surface area contributed by atoms with E-state index in [1.807, 2.05) is 13.0 Å². The molecule has 2 aromatic heterocycles. The Morgan fingerprint density at radius 3 is 2.00 bits per heavy atom. The van der Waals surface area contributed by atoms with E-state index in [1.165, 1.54) is 10.8 Å². The Morgan fingerprint density at radius 2 is 1.48 bits per heavy atom. The Morgan fingerprint density at radius 1 is 0.905 bits per heavy atom. The lowest BCUT2D eigenvalue weighted by Crippen LogP contribution is -2.44. The number of nitrogens with zero attached hydrogens (tertiary/aromatic N) is 5. The molecule has 2 heterocycles. The highest BCUT2D eigenvalue weighted by Gasteiger charge is 2.37. The lowest BCUT2D eigenvalue weighted by Gasteiger charge is -2.28. The van der Waals surface area contributed by atoms with Crippen LogP contribution in [0.3, 0.4) is 0 Å². The van der Waals surface area contributed by atoms with Gasteiger partial charge in [0.25, 0.3) is 0 Å². The van der Waals surface area contributed by atoms with Crippen LogP contribution in [0, 0.1) is 18.8 Å². The highest BCUT2D eigenvalue weighted by Crippen LogP contribution is 2.33. The first-order valence-electron chi connectivity index (χ1n) is 13.3. The number of hydrogen-bond donors (Lipinski definition) is 1. The number of carbonyl (C=O) groups excluding carboxylic acids is 3. The number of aryl methyl sites for hydroxylation is 1. The Kier molecular flexibility index (Phi) is 8.98. The fraction of sp³-hybridized carbons (Fsp3) is 0.467. The van der Waals surface area contributed by atoms with Crippen LogP contribution < -0.4 is 10.6 Å². The molecule has 3 rings (SSSR count). The van der Waals surface area contributed by atoms with Crippen LogP contribution in [0.5, 0.6) is 0 Å². The smallest absolute Gasteiger partial charge is 0.425 e. The lowest BCUT2D eigenvalue weighted by molar-refractivity contribution is 0.0427. The zero-order valence-electron chi connectivity index (χ0n) is 25.8. The van der Waals surface area contributed by atoms with Crippen molar-refractivity contribution >= 4 is 35.1 Å². The van der Waals surface area contributed by atoms with Gasteiger partial charge in [-0.15, -0.1) is 0 Å². The Balaban J connectivity index is 2.42. The van der Waals surface area contributed by atoms with Gasteiger partial charge in [-0.3, -0.25) is 0 Å². The summed E-state index contributed by atoms with van der Waals surface area (Å²) in [4.78, 5) is 54.9. The van der Waals surface area contributed by atoms with Crippen molar-refractivity contribution in [3.8, 4) is 23.4 Å². The summed E-state index contributed by atoms with van der Waals surface area (Å²) in [5, 5.41) is 0. The fourth-order valence-corrected chi connectivity index (χ4v) is 3.60. The zero-order chi connectivity index (χ0) is 31.6. The van der Waals surface area contributed by atoms with Gasteiger partial charge in [0, 0.05) is 0 Å². The number of aromatic nitrogens is 4. The molecular weight excluding hydrogens is 540 g/mol. The predicted octanol–water partition coefficient (Wildman–Crippen LogP) is 5.57. The van der Waals surface area contributed by atoms with Crippen molar-refractivity contribution < 1.29 is 28.6 Å². The Hall–Kier alpha value is -4.50. The van der Waals surface area contributed by atoms with Crippen LogP contribution in [0.25, 0.3) is 22.6 Å². The first-order chi connectivity index (χ1) is 19.3. The van der Waals surface area contributed by atoms with Gasteiger partial charge in [0.2, 0.25) is 0 Å². The molecule has 12 nitrogen and oxygen atoms in total. The summed E-state index contributed by atoms with van der Waals surface area (Å²) >= 11 is 0. The van der Waals surface area contributed by atoms with E-state index in [9.17, 15) is 14.4 Å². The van der Waals surface area contributed by atoms with Crippen molar-refractivity contribution in [2.75, 3.05) is 11.4 Å². The van der Waals surface area contributed by atoms with Crippen LogP contribution in [-0.4, -0.2) is 61.1 Å². The number of benzene rings is 1. The highest BCUT2D eigenvalue weighted by atomic mass is 16.6. The van der Waals surface area contributed by atoms with Crippen molar-refractivity contribution in [1.82, 2.24) is 19.5 Å². The third-order valence-electron chi connectivity index (χ3n) is 5.03. The maximum atomic E-state index is 13.6. The van der Waals surface area contributed by atoms with Crippen molar-refractivity contribution in [3.63, 3.8) is 0 Å². The quantitative estimate of drug-likeness (QED) is 0.302. The fourth-order valence-electron chi connectivity index (χ4n) is 3.60. The molecule has 1 aromatic carbocycles. The van der Waals surface area contributed by atoms with E-state index < -0.39 is 35.1 Å². The maximum absolute atomic E-state index is 13.6. The molecule has 0 saturated heterocycles. The molecule has 224 valence electrons. The number of ether oxygens (including phenoxy) is 3. The van der Waals surface area contributed by atoms with Gasteiger partial charge in [0.05, 0.1) is 23.8 Å². The van der Waals surface area contributed by atoms with Gasteiger partial charge in [-0.25, -0.2) is 33.9 Å². The number of imide groups is 1. The van der Waals surface area contributed by atoms with Gasteiger partial charge < -0.3 is 19.9 Å². The molecule has 0 aliphatic heterocycles. The molecule has 0 aliphatic rings. The molecule has 12 heteroatoms. The molecule has 2 N–H and O–H groups in total. The first-order valence-corrected chi connectivity index (χ1v) is 13.3. The van der Waals surface area contributed by atoms with E-state index in [4.69, 9.17) is 19.9 Å². The van der Waals surface area contributed by atoms with E-state index >= 15 is 0 Å². The molecule has 0 radical (unpaired) electrons. The molecule has 0 fully saturated rings. The van der Waals surface area contributed by atoms with Crippen LogP contribution in [0.1, 0.15) is 73.6 Å². The molecule has 3 aromatic rings. The lowest BCUT2D eigenvalue weighted by atomic mass is 10.2. The summed E-state index contributed by atoms with van der Waals surface area (Å²) in [6, 6.07) is 5.34. The van der Waals surface area contributed by atoms with Gasteiger partial charge >= 0.3 is 18.3 Å². The van der Waals surface area contributed by atoms with Crippen molar-refractivity contribution in [2.45, 2.75) is 86.0 Å². The number of imidazole rings is 1. The van der Waals surface area contributed by atoms with E-state index in [1.54, 1.807) is 74.4 Å². The van der Waals surface area contributed by atoms with E-state index in [0.29, 0.717) is 15.9 Å². The van der Waals surface area contributed by atoms with Crippen molar-refractivity contribution in [1.29, 1.82) is 0 Å². The van der Waals surface area contributed by atoms with Crippen molar-refractivity contribution in [2.24, 2.45) is 5.73 Å². The molecule has 0 saturated carbocycles. The number of amides is 2. The zero-order valence-corrected chi connectivity index (χ0v) is 25.8. The SMILES string of the molecule is Cc1ccc2nc(-c3nc(C#CCN)cnc3N(C(=O)OC(C)(C)C)C(=O)OC(C)(C)C)n(C(=O)OC(C)(C)C)c2c1.